The monoisotopic (exact) mass is 272 g/mol. The summed E-state index contributed by atoms with van der Waals surface area (Å²) >= 11 is 0. The predicted molar refractivity (Wildman–Crippen MR) is 65.5 cm³/mol. The van der Waals surface area contributed by atoms with Crippen molar-refractivity contribution >= 4 is 11.0 Å². The number of halogens is 3. The number of pyridine rings is 1. The fourth-order valence-corrected chi connectivity index (χ4v) is 1.97. The molecule has 19 heavy (non-hydrogen) atoms. The van der Waals surface area contributed by atoms with Crippen molar-refractivity contribution in [3.05, 3.63) is 24.3 Å². The third-order valence-electron chi connectivity index (χ3n) is 3.06. The van der Waals surface area contributed by atoms with Crippen LogP contribution in [-0.4, -0.2) is 20.7 Å². The predicted octanol–water partition coefficient (Wildman–Crippen LogP) is 2.75. The van der Waals surface area contributed by atoms with Gasteiger partial charge in [-0.15, -0.1) is 0 Å². The molecule has 0 aliphatic heterocycles. The summed E-state index contributed by atoms with van der Waals surface area (Å²) in [5.74, 6) is -0.196. The normalized spacial score (nSPS) is 16.0. The van der Waals surface area contributed by atoms with Crippen molar-refractivity contribution in [1.29, 1.82) is 0 Å². The quantitative estimate of drug-likeness (QED) is 0.914. The lowest BCUT2D eigenvalue weighted by Gasteiger charge is -2.28. The number of nitrogens with zero attached hydrogens (tertiary/aromatic N) is 3. The fraction of sp³-hybridized carbons (Fsp3) is 0.500. The van der Waals surface area contributed by atoms with E-state index < -0.39 is 11.7 Å². The van der Waals surface area contributed by atoms with Gasteiger partial charge in [0, 0.05) is 12.2 Å². The average Bonchev–Trinajstić information content (AvgIpc) is 2.66. The van der Waals surface area contributed by atoms with Crippen molar-refractivity contribution in [1.82, 2.24) is 14.5 Å². The molecule has 0 bridgehead atoms. The Bertz CT molecular complexity index is 599. The first-order valence-corrected chi connectivity index (χ1v) is 5.84. The first-order valence-electron chi connectivity index (χ1n) is 5.84. The number of hydrogen-bond acceptors (Lipinski definition) is 3. The number of hydrogen-bond donors (Lipinski definition) is 1. The highest BCUT2D eigenvalue weighted by Crippen LogP contribution is 2.38. The molecule has 0 saturated carbocycles. The minimum atomic E-state index is -4.57. The molecule has 0 aliphatic carbocycles. The lowest BCUT2D eigenvalue weighted by Crippen LogP contribution is -2.49. The molecule has 2 aromatic heterocycles. The molecule has 0 amide bonds. The van der Waals surface area contributed by atoms with E-state index in [9.17, 15) is 13.2 Å². The van der Waals surface area contributed by atoms with Crippen molar-refractivity contribution in [2.75, 3.05) is 0 Å². The molecule has 2 rings (SSSR count). The third-order valence-corrected chi connectivity index (χ3v) is 3.06. The van der Waals surface area contributed by atoms with E-state index in [0.717, 1.165) is 6.92 Å². The van der Waals surface area contributed by atoms with E-state index in [0.29, 0.717) is 11.0 Å². The summed E-state index contributed by atoms with van der Waals surface area (Å²) in [5, 5.41) is 0. The number of fused-ring (bicyclic) bond motifs is 1. The van der Waals surface area contributed by atoms with Gasteiger partial charge in [-0.2, -0.15) is 13.2 Å². The zero-order valence-electron chi connectivity index (χ0n) is 10.9. The Morgan fingerprint density at radius 2 is 1.95 bits per heavy atom. The van der Waals surface area contributed by atoms with Crippen LogP contribution >= 0.6 is 0 Å². The lowest BCUT2D eigenvalue weighted by atomic mass is 10.0. The SMILES string of the molecule is CC(C)n1c(C(C)(N)C(F)(F)F)nc2cnccc21. The molecule has 2 N–H and O–H groups in total. The molecule has 4 nitrogen and oxygen atoms in total. The van der Waals surface area contributed by atoms with Gasteiger partial charge in [-0.25, -0.2) is 4.98 Å². The minimum absolute atomic E-state index is 0.187. The molecule has 7 heteroatoms. The van der Waals surface area contributed by atoms with E-state index >= 15 is 0 Å². The van der Waals surface area contributed by atoms with Gasteiger partial charge in [-0.05, 0) is 26.8 Å². The summed E-state index contributed by atoms with van der Waals surface area (Å²) in [6, 6.07) is 1.45. The molecule has 0 aliphatic rings. The van der Waals surface area contributed by atoms with Gasteiger partial charge in [0.15, 0.2) is 5.54 Å². The smallest absolute Gasteiger partial charge is 0.323 e. The number of imidazole rings is 1. The van der Waals surface area contributed by atoms with Crippen molar-refractivity contribution in [3.8, 4) is 0 Å². The Hall–Kier alpha value is -1.63. The van der Waals surface area contributed by atoms with Crippen LogP contribution in [0.25, 0.3) is 11.0 Å². The first kappa shape index (κ1) is 13.8. The van der Waals surface area contributed by atoms with Gasteiger partial charge in [-0.1, -0.05) is 0 Å². The van der Waals surface area contributed by atoms with E-state index in [-0.39, 0.29) is 11.9 Å². The van der Waals surface area contributed by atoms with E-state index in [4.69, 9.17) is 5.73 Å². The maximum Gasteiger partial charge on any atom is 0.413 e. The molecule has 0 radical (unpaired) electrons. The maximum atomic E-state index is 13.1. The largest absolute Gasteiger partial charge is 0.413 e. The van der Waals surface area contributed by atoms with Crippen LogP contribution in [-0.2, 0) is 5.54 Å². The van der Waals surface area contributed by atoms with Gasteiger partial charge in [0.05, 0.1) is 11.7 Å². The van der Waals surface area contributed by atoms with Crippen LogP contribution in [0.15, 0.2) is 18.5 Å². The zero-order valence-corrected chi connectivity index (χ0v) is 10.9. The van der Waals surface area contributed by atoms with Crippen LogP contribution in [0.2, 0.25) is 0 Å². The average molecular weight is 272 g/mol. The Morgan fingerprint density at radius 1 is 1.32 bits per heavy atom. The topological polar surface area (TPSA) is 56.7 Å². The second-order valence-electron chi connectivity index (χ2n) is 4.96. The van der Waals surface area contributed by atoms with Crippen molar-refractivity contribution < 1.29 is 13.2 Å². The molecular formula is C12H15F3N4. The highest BCUT2D eigenvalue weighted by molar-refractivity contribution is 5.75. The van der Waals surface area contributed by atoms with Crippen LogP contribution in [0, 0.1) is 0 Å². The molecule has 2 aromatic rings. The summed E-state index contributed by atoms with van der Waals surface area (Å²) < 4.78 is 40.8. The maximum absolute atomic E-state index is 13.1. The van der Waals surface area contributed by atoms with Crippen LogP contribution in [0.1, 0.15) is 32.6 Å². The van der Waals surface area contributed by atoms with E-state index in [1.807, 2.05) is 0 Å². The Labute approximate surface area is 108 Å². The highest BCUT2D eigenvalue weighted by atomic mass is 19.4. The Kier molecular flexibility index (Phi) is 3.04. The minimum Gasteiger partial charge on any atom is -0.323 e. The van der Waals surface area contributed by atoms with E-state index in [1.165, 1.54) is 17.0 Å². The molecule has 104 valence electrons. The zero-order chi connectivity index (χ0) is 14.4. The summed E-state index contributed by atoms with van der Waals surface area (Å²) in [6.45, 7) is 4.51. The standard InChI is InChI=1S/C12H15F3N4/c1-7(2)19-9-4-5-17-6-8(9)18-10(19)11(3,16)12(13,14)15/h4-7H,16H2,1-3H3. The van der Waals surface area contributed by atoms with E-state index in [2.05, 4.69) is 9.97 Å². The molecule has 0 fully saturated rings. The van der Waals surface area contributed by atoms with E-state index in [1.54, 1.807) is 19.9 Å². The number of alkyl halides is 3. The van der Waals surface area contributed by atoms with Gasteiger partial charge in [0.2, 0.25) is 0 Å². The van der Waals surface area contributed by atoms with Crippen molar-refractivity contribution in [2.45, 2.75) is 38.5 Å². The van der Waals surface area contributed by atoms with Gasteiger partial charge in [0.25, 0.3) is 0 Å². The van der Waals surface area contributed by atoms with Gasteiger partial charge in [-0.3, -0.25) is 4.98 Å². The van der Waals surface area contributed by atoms with Gasteiger partial charge >= 0.3 is 6.18 Å². The lowest BCUT2D eigenvalue weighted by molar-refractivity contribution is -0.187. The third kappa shape index (κ3) is 2.07. The molecule has 0 spiro atoms. The summed E-state index contributed by atoms with van der Waals surface area (Å²) in [4.78, 5) is 7.90. The fourth-order valence-electron chi connectivity index (χ4n) is 1.97. The van der Waals surface area contributed by atoms with Crippen LogP contribution in [0.4, 0.5) is 13.2 Å². The Balaban J connectivity index is 2.77. The number of nitrogens with two attached hydrogens (primary N) is 1. The van der Waals surface area contributed by atoms with Crippen LogP contribution in [0.3, 0.4) is 0 Å². The van der Waals surface area contributed by atoms with Crippen molar-refractivity contribution in [3.63, 3.8) is 0 Å². The number of rotatable bonds is 2. The molecule has 1 unspecified atom stereocenters. The summed E-state index contributed by atoms with van der Waals surface area (Å²) in [7, 11) is 0. The molecular weight excluding hydrogens is 257 g/mol. The second-order valence-corrected chi connectivity index (χ2v) is 4.96. The molecule has 1 atom stereocenters. The van der Waals surface area contributed by atoms with Crippen LogP contribution < -0.4 is 5.73 Å². The molecule has 0 saturated heterocycles. The summed E-state index contributed by atoms with van der Waals surface area (Å²) in [6.07, 6.45) is -1.62. The first-order chi connectivity index (χ1) is 8.66. The highest BCUT2D eigenvalue weighted by Gasteiger charge is 2.52. The van der Waals surface area contributed by atoms with Gasteiger partial charge in [0.1, 0.15) is 11.3 Å². The second kappa shape index (κ2) is 4.19. The van der Waals surface area contributed by atoms with Gasteiger partial charge < -0.3 is 10.3 Å². The molecule has 0 aromatic carbocycles. The number of aromatic nitrogens is 3. The van der Waals surface area contributed by atoms with Crippen LogP contribution in [0.5, 0.6) is 0 Å². The van der Waals surface area contributed by atoms with Crippen molar-refractivity contribution in [2.24, 2.45) is 5.73 Å². The summed E-state index contributed by atoms with van der Waals surface area (Å²) in [5.41, 5.74) is 3.99. The Morgan fingerprint density at radius 3 is 2.47 bits per heavy atom. The molecule has 2 heterocycles.